The maximum Gasteiger partial charge on any atom is 0.0494 e. The van der Waals surface area contributed by atoms with Crippen LogP contribution in [-0.2, 0) is 4.74 Å². The van der Waals surface area contributed by atoms with Crippen molar-refractivity contribution in [2.75, 3.05) is 19.8 Å². The number of hydrogen-bond donors (Lipinski definition) is 1. The predicted molar refractivity (Wildman–Crippen MR) is 62.6 cm³/mol. The third-order valence-corrected chi connectivity index (χ3v) is 2.55. The van der Waals surface area contributed by atoms with Crippen LogP contribution in [0, 0.1) is 11.8 Å². The van der Waals surface area contributed by atoms with Crippen molar-refractivity contribution in [3.8, 4) is 0 Å². The number of hydrogen-bond acceptors (Lipinski definition) is 2. The van der Waals surface area contributed by atoms with Crippen LogP contribution >= 0.6 is 0 Å². The molecule has 2 nitrogen and oxygen atoms in total. The van der Waals surface area contributed by atoms with E-state index in [1.165, 1.54) is 0 Å². The first kappa shape index (κ1) is 13.9. The molecule has 0 heterocycles. The first-order valence-electron chi connectivity index (χ1n) is 5.89. The average molecular weight is 201 g/mol. The van der Waals surface area contributed by atoms with Gasteiger partial charge in [-0.05, 0) is 24.8 Å². The SMILES string of the molecule is CCCOCC(C)C(C)CNC(C)C. The van der Waals surface area contributed by atoms with Gasteiger partial charge >= 0.3 is 0 Å². The van der Waals surface area contributed by atoms with Crippen molar-refractivity contribution in [1.29, 1.82) is 0 Å². The lowest BCUT2D eigenvalue weighted by Crippen LogP contribution is -2.31. The fourth-order valence-electron chi connectivity index (χ4n) is 1.20. The molecule has 0 bridgehead atoms. The lowest BCUT2D eigenvalue weighted by Gasteiger charge is -2.21. The number of ether oxygens (including phenoxy) is 1. The lowest BCUT2D eigenvalue weighted by molar-refractivity contribution is 0.0867. The first-order valence-corrected chi connectivity index (χ1v) is 5.89. The van der Waals surface area contributed by atoms with Crippen LogP contribution in [0.4, 0.5) is 0 Å². The molecule has 2 heteroatoms. The average Bonchev–Trinajstić information content (AvgIpc) is 2.14. The molecule has 86 valence electrons. The van der Waals surface area contributed by atoms with E-state index in [2.05, 4.69) is 39.9 Å². The van der Waals surface area contributed by atoms with Crippen LogP contribution < -0.4 is 5.32 Å². The van der Waals surface area contributed by atoms with Crippen molar-refractivity contribution >= 4 is 0 Å². The largest absolute Gasteiger partial charge is 0.381 e. The summed E-state index contributed by atoms with van der Waals surface area (Å²) in [6.45, 7) is 14.0. The summed E-state index contributed by atoms with van der Waals surface area (Å²) < 4.78 is 5.54. The summed E-state index contributed by atoms with van der Waals surface area (Å²) >= 11 is 0. The van der Waals surface area contributed by atoms with Crippen LogP contribution in [0.5, 0.6) is 0 Å². The molecule has 0 aliphatic heterocycles. The van der Waals surface area contributed by atoms with Gasteiger partial charge in [-0.3, -0.25) is 0 Å². The van der Waals surface area contributed by atoms with Gasteiger partial charge in [0.2, 0.25) is 0 Å². The fraction of sp³-hybridized carbons (Fsp3) is 1.00. The van der Waals surface area contributed by atoms with Crippen LogP contribution in [0.2, 0.25) is 0 Å². The van der Waals surface area contributed by atoms with Crippen LogP contribution in [0.1, 0.15) is 41.0 Å². The molecule has 0 fully saturated rings. The maximum absolute atomic E-state index is 5.54. The molecular formula is C12H27NO. The quantitative estimate of drug-likeness (QED) is 0.610. The topological polar surface area (TPSA) is 21.3 Å². The van der Waals surface area contributed by atoms with Crippen LogP contribution in [0.3, 0.4) is 0 Å². The molecule has 0 aliphatic carbocycles. The number of rotatable bonds is 8. The third kappa shape index (κ3) is 7.34. The highest BCUT2D eigenvalue weighted by Crippen LogP contribution is 2.10. The molecule has 0 rings (SSSR count). The lowest BCUT2D eigenvalue weighted by atomic mass is 9.96. The van der Waals surface area contributed by atoms with Crippen LogP contribution in [-0.4, -0.2) is 25.8 Å². The van der Waals surface area contributed by atoms with Crippen molar-refractivity contribution in [3.63, 3.8) is 0 Å². The Morgan fingerprint density at radius 3 is 2.21 bits per heavy atom. The second-order valence-electron chi connectivity index (χ2n) is 4.59. The summed E-state index contributed by atoms with van der Waals surface area (Å²) in [5.74, 6) is 1.34. The number of nitrogens with one attached hydrogen (secondary N) is 1. The van der Waals surface area contributed by atoms with Gasteiger partial charge in [0, 0.05) is 19.3 Å². The summed E-state index contributed by atoms with van der Waals surface area (Å²) in [5.41, 5.74) is 0. The molecule has 1 N–H and O–H groups in total. The van der Waals surface area contributed by atoms with E-state index < -0.39 is 0 Å². The Bertz CT molecular complexity index is 125. The van der Waals surface area contributed by atoms with E-state index in [0.717, 1.165) is 26.2 Å². The van der Waals surface area contributed by atoms with Gasteiger partial charge in [-0.2, -0.15) is 0 Å². The minimum Gasteiger partial charge on any atom is -0.381 e. The molecule has 0 radical (unpaired) electrons. The molecule has 0 amide bonds. The fourth-order valence-corrected chi connectivity index (χ4v) is 1.20. The van der Waals surface area contributed by atoms with Crippen molar-refractivity contribution in [3.05, 3.63) is 0 Å². The Kier molecular flexibility index (Phi) is 8.20. The monoisotopic (exact) mass is 201 g/mol. The molecule has 0 aromatic carbocycles. The minimum absolute atomic E-state index is 0.584. The molecule has 0 spiro atoms. The zero-order valence-electron chi connectivity index (χ0n) is 10.5. The predicted octanol–water partition coefficient (Wildman–Crippen LogP) is 2.68. The summed E-state index contributed by atoms with van der Waals surface area (Å²) in [7, 11) is 0. The van der Waals surface area contributed by atoms with E-state index in [-0.39, 0.29) is 0 Å². The molecule has 2 atom stereocenters. The van der Waals surface area contributed by atoms with Gasteiger partial charge in [0.1, 0.15) is 0 Å². The van der Waals surface area contributed by atoms with Gasteiger partial charge < -0.3 is 10.1 Å². The molecule has 0 aromatic heterocycles. The second-order valence-corrected chi connectivity index (χ2v) is 4.59. The maximum atomic E-state index is 5.54. The van der Waals surface area contributed by atoms with E-state index in [1.54, 1.807) is 0 Å². The standard InChI is InChI=1S/C12H27NO/c1-6-7-14-9-12(5)11(4)8-13-10(2)3/h10-13H,6-9H2,1-5H3. The highest BCUT2D eigenvalue weighted by molar-refractivity contribution is 4.65. The summed E-state index contributed by atoms with van der Waals surface area (Å²) in [5, 5.41) is 3.46. The molecular weight excluding hydrogens is 174 g/mol. The van der Waals surface area contributed by atoms with Gasteiger partial charge in [-0.15, -0.1) is 0 Å². The summed E-state index contributed by atoms with van der Waals surface area (Å²) in [6.07, 6.45) is 1.12. The Morgan fingerprint density at radius 2 is 1.71 bits per heavy atom. The zero-order chi connectivity index (χ0) is 11.0. The second kappa shape index (κ2) is 8.25. The molecule has 0 saturated carbocycles. The summed E-state index contributed by atoms with van der Waals surface area (Å²) in [4.78, 5) is 0. The van der Waals surface area contributed by atoms with Gasteiger partial charge in [-0.1, -0.05) is 34.6 Å². The van der Waals surface area contributed by atoms with E-state index in [1.807, 2.05) is 0 Å². The third-order valence-electron chi connectivity index (χ3n) is 2.55. The smallest absolute Gasteiger partial charge is 0.0494 e. The highest BCUT2D eigenvalue weighted by atomic mass is 16.5. The Labute approximate surface area is 89.4 Å². The first-order chi connectivity index (χ1) is 6.57. The zero-order valence-corrected chi connectivity index (χ0v) is 10.5. The Balaban J connectivity index is 3.49. The Morgan fingerprint density at radius 1 is 1.07 bits per heavy atom. The highest BCUT2D eigenvalue weighted by Gasteiger charge is 2.12. The molecule has 2 unspecified atom stereocenters. The van der Waals surface area contributed by atoms with Crippen molar-refractivity contribution in [1.82, 2.24) is 5.32 Å². The van der Waals surface area contributed by atoms with E-state index in [9.17, 15) is 0 Å². The van der Waals surface area contributed by atoms with E-state index in [4.69, 9.17) is 4.74 Å². The van der Waals surface area contributed by atoms with Crippen LogP contribution in [0.15, 0.2) is 0 Å². The van der Waals surface area contributed by atoms with Gasteiger partial charge in [-0.25, -0.2) is 0 Å². The van der Waals surface area contributed by atoms with Crippen LogP contribution in [0.25, 0.3) is 0 Å². The molecule has 0 saturated heterocycles. The van der Waals surface area contributed by atoms with E-state index in [0.29, 0.717) is 17.9 Å². The van der Waals surface area contributed by atoms with Crippen molar-refractivity contribution < 1.29 is 4.74 Å². The molecule has 0 aromatic rings. The van der Waals surface area contributed by atoms with Crippen molar-refractivity contribution in [2.24, 2.45) is 11.8 Å². The molecule has 14 heavy (non-hydrogen) atoms. The van der Waals surface area contributed by atoms with E-state index >= 15 is 0 Å². The van der Waals surface area contributed by atoms with Gasteiger partial charge in [0.15, 0.2) is 0 Å². The van der Waals surface area contributed by atoms with Gasteiger partial charge in [0.05, 0.1) is 0 Å². The normalized spacial score (nSPS) is 15.9. The minimum atomic E-state index is 0.584. The Hall–Kier alpha value is -0.0800. The molecule has 0 aliphatic rings. The summed E-state index contributed by atoms with van der Waals surface area (Å²) in [6, 6.07) is 0.584. The van der Waals surface area contributed by atoms with Crippen molar-refractivity contribution in [2.45, 2.75) is 47.1 Å². The van der Waals surface area contributed by atoms with Gasteiger partial charge in [0.25, 0.3) is 0 Å².